The lowest BCUT2D eigenvalue weighted by molar-refractivity contribution is 0.0706. The Morgan fingerprint density at radius 3 is 2.53 bits per heavy atom. The number of carbonyl (C=O) groups is 2. The quantitative estimate of drug-likeness (QED) is 0.269. The second kappa shape index (κ2) is 13.8. The molecule has 3 amide bonds. The number of pyridine rings is 1. The average molecular weight is 544 g/mol. The fourth-order valence-electron chi connectivity index (χ4n) is 3.78. The molecule has 3 rings (SSSR count). The first-order valence-electron chi connectivity index (χ1n) is 12.5. The molecule has 0 unspecified atom stereocenters. The minimum absolute atomic E-state index is 0.0273. The Hall–Kier alpha value is -3.60. The monoisotopic (exact) mass is 543 g/mol. The van der Waals surface area contributed by atoms with Gasteiger partial charge in [-0.1, -0.05) is 25.4 Å². The van der Waals surface area contributed by atoms with Crippen LogP contribution in [0.5, 0.6) is 17.2 Å². The number of hydrogen-bond acceptors (Lipinski definition) is 7. The topological polar surface area (TPSA) is 125 Å². The molecule has 3 aromatic rings. The molecule has 0 aliphatic heterocycles. The van der Waals surface area contributed by atoms with Gasteiger partial charge in [0.15, 0.2) is 0 Å². The van der Waals surface area contributed by atoms with Crippen LogP contribution in [0.1, 0.15) is 31.1 Å². The zero-order chi connectivity index (χ0) is 27.7. The molecule has 0 saturated heterocycles. The molecule has 0 saturated carbocycles. The van der Waals surface area contributed by atoms with Gasteiger partial charge in [0.05, 0.1) is 21.8 Å². The summed E-state index contributed by atoms with van der Waals surface area (Å²) in [5, 5.41) is 19.2. The maximum absolute atomic E-state index is 12.9. The summed E-state index contributed by atoms with van der Waals surface area (Å²) in [7, 11) is 1.51. The van der Waals surface area contributed by atoms with Crippen LogP contribution in [0.2, 0.25) is 5.02 Å². The molecular weight excluding hydrogens is 510 g/mol. The zero-order valence-electron chi connectivity index (χ0n) is 22.0. The molecule has 1 aromatic heterocycles. The van der Waals surface area contributed by atoms with E-state index in [1.165, 1.54) is 7.05 Å². The number of ether oxygens (including phenoxy) is 2. The summed E-state index contributed by atoms with van der Waals surface area (Å²) in [5.74, 6) is 0.894. The number of nitrogens with one attached hydrogen (secondary N) is 3. The number of fused-ring (bicyclic) bond motifs is 1. The molecule has 0 spiro atoms. The largest absolute Gasteiger partial charge is 0.490 e. The number of aliphatic hydroxyl groups excluding tert-OH is 1. The Bertz CT molecular complexity index is 1270. The van der Waals surface area contributed by atoms with Crippen molar-refractivity contribution in [1.82, 2.24) is 20.5 Å². The van der Waals surface area contributed by atoms with E-state index in [1.54, 1.807) is 42.6 Å². The number of urea groups is 1. The van der Waals surface area contributed by atoms with Crippen LogP contribution in [-0.4, -0.2) is 72.9 Å². The SMILES string of the molecule is CCNC(=O)c1cc2c(Oc3ccc(NC(=O)NC)c(Cl)c3)ccnc2cc1OC[C@@H](O)CN(CC)CC. The Morgan fingerprint density at radius 2 is 1.87 bits per heavy atom. The van der Waals surface area contributed by atoms with Crippen molar-refractivity contribution in [2.75, 3.05) is 45.2 Å². The van der Waals surface area contributed by atoms with Crippen LogP contribution >= 0.6 is 11.6 Å². The van der Waals surface area contributed by atoms with Gasteiger partial charge in [-0.3, -0.25) is 9.78 Å². The minimum Gasteiger partial charge on any atom is -0.490 e. The van der Waals surface area contributed by atoms with Gasteiger partial charge in [-0.25, -0.2) is 4.79 Å². The molecule has 4 N–H and O–H groups in total. The highest BCUT2D eigenvalue weighted by Gasteiger charge is 2.19. The van der Waals surface area contributed by atoms with E-state index in [0.29, 0.717) is 57.5 Å². The van der Waals surface area contributed by atoms with Crippen molar-refractivity contribution in [1.29, 1.82) is 0 Å². The number of aliphatic hydroxyl groups is 1. The van der Waals surface area contributed by atoms with Gasteiger partial charge >= 0.3 is 6.03 Å². The Balaban J connectivity index is 1.91. The molecule has 0 radical (unpaired) electrons. The minimum atomic E-state index is -0.721. The van der Waals surface area contributed by atoms with E-state index in [9.17, 15) is 14.7 Å². The summed E-state index contributed by atoms with van der Waals surface area (Å²) in [6.07, 6.45) is 0.867. The first kappa shape index (κ1) is 29.0. The Morgan fingerprint density at radius 1 is 1.11 bits per heavy atom. The molecule has 11 heteroatoms. The first-order valence-corrected chi connectivity index (χ1v) is 12.9. The van der Waals surface area contributed by atoms with E-state index in [4.69, 9.17) is 21.1 Å². The molecule has 0 fully saturated rings. The van der Waals surface area contributed by atoms with Crippen molar-refractivity contribution < 1.29 is 24.2 Å². The summed E-state index contributed by atoms with van der Waals surface area (Å²) in [5.41, 5.74) is 1.28. The summed E-state index contributed by atoms with van der Waals surface area (Å²) in [6.45, 7) is 8.46. The predicted octanol–water partition coefficient (Wildman–Crippen LogP) is 4.26. The third-order valence-electron chi connectivity index (χ3n) is 5.82. The highest BCUT2D eigenvalue weighted by Crippen LogP contribution is 2.35. The van der Waals surface area contributed by atoms with Crippen LogP contribution in [-0.2, 0) is 0 Å². The van der Waals surface area contributed by atoms with Gasteiger partial charge in [0.25, 0.3) is 5.91 Å². The zero-order valence-corrected chi connectivity index (χ0v) is 22.8. The van der Waals surface area contributed by atoms with Crippen LogP contribution in [0.15, 0.2) is 42.6 Å². The third-order valence-corrected chi connectivity index (χ3v) is 6.14. The number of halogens is 1. The van der Waals surface area contributed by atoms with Crippen LogP contribution in [0.25, 0.3) is 10.9 Å². The number of anilines is 1. The van der Waals surface area contributed by atoms with Crippen LogP contribution in [0.4, 0.5) is 10.5 Å². The lowest BCUT2D eigenvalue weighted by Gasteiger charge is -2.22. The summed E-state index contributed by atoms with van der Waals surface area (Å²) in [4.78, 5) is 31.0. The molecule has 0 aliphatic rings. The maximum Gasteiger partial charge on any atom is 0.319 e. The van der Waals surface area contributed by atoms with E-state index in [0.717, 1.165) is 13.1 Å². The van der Waals surface area contributed by atoms with Crippen molar-refractivity contribution in [2.24, 2.45) is 0 Å². The molecule has 0 bridgehead atoms. The first-order chi connectivity index (χ1) is 18.3. The second-order valence-corrected chi connectivity index (χ2v) is 8.84. The second-order valence-electron chi connectivity index (χ2n) is 8.43. The summed E-state index contributed by atoms with van der Waals surface area (Å²) < 4.78 is 12.0. The van der Waals surface area contributed by atoms with E-state index in [-0.39, 0.29) is 12.5 Å². The van der Waals surface area contributed by atoms with Gasteiger partial charge in [-0.2, -0.15) is 0 Å². The third kappa shape index (κ3) is 7.47. The van der Waals surface area contributed by atoms with Crippen molar-refractivity contribution in [3.63, 3.8) is 0 Å². The van der Waals surface area contributed by atoms with Gasteiger partial charge < -0.3 is 35.4 Å². The molecule has 0 aliphatic carbocycles. The molecule has 2 aromatic carbocycles. The molecule has 38 heavy (non-hydrogen) atoms. The van der Waals surface area contributed by atoms with Gasteiger partial charge in [-0.05, 0) is 44.3 Å². The van der Waals surface area contributed by atoms with Crippen LogP contribution in [0.3, 0.4) is 0 Å². The van der Waals surface area contributed by atoms with Crippen LogP contribution < -0.4 is 25.4 Å². The molecule has 1 atom stereocenters. The fraction of sp³-hybridized carbons (Fsp3) is 0.370. The van der Waals surface area contributed by atoms with E-state index < -0.39 is 12.1 Å². The number of amides is 3. The number of aromatic nitrogens is 1. The van der Waals surface area contributed by atoms with Crippen molar-refractivity contribution in [2.45, 2.75) is 26.9 Å². The van der Waals surface area contributed by atoms with Crippen molar-refractivity contribution >= 4 is 40.1 Å². The van der Waals surface area contributed by atoms with Crippen molar-refractivity contribution in [3.8, 4) is 17.2 Å². The fourth-order valence-corrected chi connectivity index (χ4v) is 4.00. The molecule has 1 heterocycles. The number of likely N-dealkylation sites (N-methyl/N-ethyl adjacent to an activating group) is 1. The highest BCUT2D eigenvalue weighted by molar-refractivity contribution is 6.33. The van der Waals surface area contributed by atoms with E-state index >= 15 is 0 Å². The summed E-state index contributed by atoms with van der Waals surface area (Å²) >= 11 is 6.32. The van der Waals surface area contributed by atoms with Gasteiger partial charge in [0, 0.05) is 43.9 Å². The van der Waals surface area contributed by atoms with Gasteiger partial charge in [0.2, 0.25) is 0 Å². The standard InChI is InChI=1S/C27H34ClN5O5/c1-5-30-26(35)20-13-19-23(14-25(20)37-16-17(34)15-33(6-2)7-3)31-11-10-24(19)38-18-8-9-22(21(28)12-18)32-27(36)29-4/h8-14,17,34H,5-7,15-16H2,1-4H3,(H,30,35)(H2,29,32,36)/t17-/m0/s1. The molecular formula is C27H34ClN5O5. The van der Waals surface area contributed by atoms with Crippen LogP contribution in [0, 0.1) is 0 Å². The normalized spacial score (nSPS) is 11.8. The number of nitrogens with zero attached hydrogens (tertiary/aromatic N) is 2. The maximum atomic E-state index is 12.9. The van der Waals surface area contributed by atoms with Crippen molar-refractivity contribution in [3.05, 3.63) is 53.2 Å². The number of rotatable bonds is 12. The lowest BCUT2D eigenvalue weighted by Crippen LogP contribution is -2.35. The Kier molecular flexibility index (Phi) is 10.5. The van der Waals surface area contributed by atoms with Gasteiger partial charge in [0.1, 0.15) is 30.0 Å². The predicted molar refractivity (Wildman–Crippen MR) is 149 cm³/mol. The summed E-state index contributed by atoms with van der Waals surface area (Å²) in [6, 6.07) is 9.51. The smallest absolute Gasteiger partial charge is 0.319 e. The van der Waals surface area contributed by atoms with E-state index in [1.807, 2.05) is 20.8 Å². The van der Waals surface area contributed by atoms with Gasteiger partial charge in [-0.15, -0.1) is 0 Å². The van der Waals surface area contributed by atoms with E-state index in [2.05, 4.69) is 25.8 Å². The highest BCUT2D eigenvalue weighted by atomic mass is 35.5. The molecule has 10 nitrogen and oxygen atoms in total. The number of hydrogen-bond donors (Lipinski definition) is 4. The molecule has 204 valence electrons. The average Bonchev–Trinajstić information content (AvgIpc) is 2.91. The number of carbonyl (C=O) groups excluding carboxylic acids is 2. The number of benzene rings is 2. The Labute approximate surface area is 227 Å². The lowest BCUT2D eigenvalue weighted by atomic mass is 10.1.